The summed E-state index contributed by atoms with van der Waals surface area (Å²) in [6, 6.07) is 0. The molecule has 6 nitrogen and oxygen atoms in total. The van der Waals surface area contributed by atoms with Crippen molar-refractivity contribution in [3.05, 3.63) is 18.0 Å². The molecular formula is C21H32N4O2. The van der Waals surface area contributed by atoms with E-state index in [-0.39, 0.29) is 11.4 Å². The standard InChI is InChI=1S/C21H32N4O2/c1-23-11-19(9-22-23)20(26)24-14-21(15-24)8-18(13-27-12-17-4-5-17)6-7-25(21)10-16-2-3-16/h9,11,16-18H,2-8,10,12-15H2,1H3/t18-/m1/s1. The van der Waals surface area contributed by atoms with Crippen LogP contribution < -0.4 is 0 Å². The molecule has 2 saturated carbocycles. The van der Waals surface area contributed by atoms with Gasteiger partial charge in [0.25, 0.3) is 5.91 Å². The Morgan fingerprint density at radius 3 is 2.56 bits per heavy atom. The van der Waals surface area contributed by atoms with Crippen LogP contribution in [0.15, 0.2) is 12.4 Å². The minimum atomic E-state index is 0.132. The highest BCUT2D eigenvalue weighted by Crippen LogP contribution is 2.42. The zero-order valence-electron chi connectivity index (χ0n) is 16.5. The number of rotatable bonds is 7. The van der Waals surface area contributed by atoms with E-state index < -0.39 is 0 Å². The molecule has 6 heteroatoms. The molecule has 0 aromatic carbocycles. The van der Waals surface area contributed by atoms with Gasteiger partial charge in [-0.3, -0.25) is 14.4 Å². The summed E-state index contributed by atoms with van der Waals surface area (Å²) in [4.78, 5) is 17.5. The number of carbonyl (C=O) groups excluding carboxylic acids is 1. The maximum absolute atomic E-state index is 12.8. The lowest BCUT2D eigenvalue weighted by Gasteiger charge is -2.59. The Kier molecular flexibility index (Phi) is 4.51. The van der Waals surface area contributed by atoms with Crippen molar-refractivity contribution in [1.82, 2.24) is 19.6 Å². The van der Waals surface area contributed by atoms with Crippen LogP contribution in [-0.4, -0.2) is 70.4 Å². The van der Waals surface area contributed by atoms with Gasteiger partial charge in [-0.25, -0.2) is 0 Å². The van der Waals surface area contributed by atoms with Crippen molar-refractivity contribution >= 4 is 5.91 Å². The Hall–Kier alpha value is -1.40. The van der Waals surface area contributed by atoms with Crippen LogP contribution in [0.5, 0.6) is 0 Å². The fraction of sp³-hybridized carbons (Fsp3) is 0.810. The smallest absolute Gasteiger partial charge is 0.257 e. The van der Waals surface area contributed by atoms with Gasteiger partial charge in [0.1, 0.15) is 0 Å². The number of hydrogen-bond donors (Lipinski definition) is 0. The molecule has 27 heavy (non-hydrogen) atoms. The Morgan fingerprint density at radius 2 is 1.89 bits per heavy atom. The number of likely N-dealkylation sites (tertiary alicyclic amines) is 2. The molecule has 0 unspecified atom stereocenters. The average Bonchev–Trinajstić information content (AvgIpc) is 3.55. The molecule has 0 bridgehead atoms. The van der Waals surface area contributed by atoms with Gasteiger partial charge in [-0.1, -0.05) is 0 Å². The molecular weight excluding hydrogens is 340 g/mol. The number of amides is 1. The number of piperidine rings is 1. The van der Waals surface area contributed by atoms with Gasteiger partial charge in [-0.05, 0) is 62.8 Å². The highest BCUT2D eigenvalue weighted by atomic mass is 16.5. The van der Waals surface area contributed by atoms with Gasteiger partial charge in [0.2, 0.25) is 0 Å². The van der Waals surface area contributed by atoms with E-state index in [1.807, 2.05) is 18.1 Å². The van der Waals surface area contributed by atoms with E-state index in [4.69, 9.17) is 4.74 Å². The largest absolute Gasteiger partial charge is 0.381 e. The molecule has 4 fully saturated rings. The molecule has 3 heterocycles. The third kappa shape index (κ3) is 3.79. The molecule has 5 rings (SSSR count). The molecule has 0 N–H and O–H groups in total. The first-order valence-corrected chi connectivity index (χ1v) is 10.7. The molecule has 4 aliphatic rings. The van der Waals surface area contributed by atoms with Gasteiger partial charge in [-0.2, -0.15) is 5.10 Å². The van der Waals surface area contributed by atoms with E-state index in [0.29, 0.717) is 11.5 Å². The Bertz CT molecular complexity index is 688. The number of hydrogen-bond acceptors (Lipinski definition) is 4. The summed E-state index contributed by atoms with van der Waals surface area (Å²) in [5, 5.41) is 4.15. The van der Waals surface area contributed by atoms with E-state index in [1.54, 1.807) is 10.9 Å². The van der Waals surface area contributed by atoms with Gasteiger partial charge < -0.3 is 9.64 Å². The fourth-order valence-electron chi connectivity index (χ4n) is 4.92. The van der Waals surface area contributed by atoms with Gasteiger partial charge in [-0.15, -0.1) is 0 Å². The third-order valence-electron chi connectivity index (χ3n) is 6.94. The molecule has 0 radical (unpaired) electrons. The van der Waals surface area contributed by atoms with Crippen molar-refractivity contribution in [2.24, 2.45) is 24.8 Å². The molecule has 1 atom stereocenters. The minimum absolute atomic E-state index is 0.132. The number of nitrogens with zero attached hydrogens (tertiary/aromatic N) is 4. The van der Waals surface area contributed by atoms with Gasteiger partial charge in [0, 0.05) is 46.1 Å². The summed E-state index contributed by atoms with van der Waals surface area (Å²) in [5.41, 5.74) is 0.896. The second-order valence-electron chi connectivity index (χ2n) is 9.52. The van der Waals surface area contributed by atoms with Crippen LogP contribution in [0.1, 0.15) is 48.9 Å². The Morgan fingerprint density at radius 1 is 1.15 bits per heavy atom. The van der Waals surface area contributed by atoms with Crippen molar-refractivity contribution in [2.75, 3.05) is 39.4 Å². The zero-order chi connectivity index (χ0) is 18.4. The molecule has 1 amide bonds. The third-order valence-corrected chi connectivity index (χ3v) is 6.94. The van der Waals surface area contributed by atoms with Crippen LogP contribution in [0, 0.1) is 17.8 Å². The van der Waals surface area contributed by atoms with Gasteiger partial charge >= 0.3 is 0 Å². The number of ether oxygens (including phenoxy) is 1. The van der Waals surface area contributed by atoms with E-state index in [2.05, 4.69) is 10.00 Å². The number of aryl methyl sites for hydroxylation is 1. The van der Waals surface area contributed by atoms with Crippen molar-refractivity contribution < 1.29 is 9.53 Å². The highest BCUT2D eigenvalue weighted by Gasteiger charge is 2.53. The second-order valence-corrected chi connectivity index (χ2v) is 9.52. The van der Waals surface area contributed by atoms with Crippen LogP contribution in [0.3, 0.4) is 0 Å². The Labute approximate surface area is 161 Å². The molecule has 1 spiro atoms. The normalized spacial score (nSPS) is 27.7. The molecule has 2 saturated heterocycles. The molecule has 2 aliphatic carbocycles. The highest BCUT2D eigenvalue weighted by molar-refractivity contribution is 5.94. The van der Waals surface area contributed by atoms with Crippen molar-refractivity contribution in [2.45, 2.75) is 44.1 Å². The molecule has 148 valence electrons. The van der Waals surface area contributed by atoms with E-state index in [1.165, 1.54) is 51.6 Å². The first-order chi connectivity index (χ1) is 13.1. The lowest BCUT2D eigenvalue weighted by Crippen LogP contribution is -2.73. The zero-order valence-corrected chi connectivity index (χ0v) is 16.5. The lowest BCUT2D eigenvalue weighted by molar-refractivity contribution is -0.0895. The van der Waals surface area contributed by atoms with Crippen LogP contribution in [0.2, 0.25) is 0 Å². The Balaban J connectivity index is 1.21. The van der Waals surface area contributed by atoms with E-state index in [0.717, 1.165) is 38.1 Å². The summed E-state index contributed by atoms with van der Waals surface area (Å²) in [6.07, 6.45) is 11.4. The molecule has 2 aliphatic heterocycles. The van der Waals surface area contributed by atoms with E-state index >= 15 is 0 Å². The van der Waals surface area contributed by atoms with Crippen LogP contribution in [0.25, 0.3) is 0 Å². The summed E-state index contributed by atoms with van der Waals surface area (Å²) < 4.78 is 7.73. The SMILES string of the molecule is Cn1cc(C(=O)N2CC3(C[C@H](COCC4CC4)CCN3CC3CC3)C2)cn1. The summed E-state index contributed by atoms with van der Waals surface area (Å²) in [5.74, 6) is 2.51. The lowest BCUT2D eigenvalue weighted by atomic mass is 9.74. The van der Waals surface area contributed by atoms with Crippen molar-refractivity contribution in [3.63, 3.8) is 0 Å². The maximum atomic E-state index is 12.8. The minimum Gasteiger partial charge on any atom is -0.381 e. The summed E-state index contributed by atoms with van der Waals surface area (Å²) in [7, 11) is 1.86. The topological polar surface area (TPSA) is 50.6 Å². The quantitative estimate of drug-likeness (QED) is 0.736. The monoisotopic (exact) mass is 372 g/mol. The second kappa shape index (κ2) is 6.89. The van der Waals surface area contributed by atoms with Crippen LogP contribution >= 0.6 is 0 Å². The average molecular weight is 373 g/mol. The number of carbonyl (C=O) groups is 1. The maximum Gasteiger partial charge on any atom is 0.257 e. The predicted molar refractivity (Wildman–Crippen MR) is 102 cm³/mol. The first kappa shape index (κ1) is 17.7. The molecule has 1 aromatic heterocycles. The van der Waals surface area contributed by atoms with Gasteiger partial charge in [0.15, 0.2) is 0 Å². The summed E-state index contributed by atoms with van der Waals surface area (Å²) >= 11 is 0. The van der Waals surface area contributed by atoms with E-state index in [9.17, 15) is 4.79 Å². The first-order valence-electron chi connectivity index (χ1n) is 10.7. The molecule has 1 aromatic rings. The predicted octanol–water partition coefficient (Wildman–Crippen LogP) is 2.16. The van der Waals surface area contributed by atoms with Crippen molar-refractivity contribution in [1.29, 1.82) is 0 Å². The van der Waals surface area contributed by atoms with Gasteiger partial charge in [0.05, 0.1) is 17.3 Å². The number of aromatic nitrogens is 2. The van der Waals surface area contributed by atoms with Crippen LogP contribution in [0.4, 0.5) is 0 Å². The van der Waals surface area contributed by atoms with Crippen LogP contribution in [-0.2, 0) is 11.8 Å². The summed E-state index contributed by atoms with van der Waals surface area (Å²) in [6.45, 7) is 6.00. The van der Waals surface area contributed by atoms with Crippen molar-refractivity contribution in [3.8, 4) is 0 Å². The fourth-order valence-corrected chi connectivity index (χ4v) is 4.92.